The molecule has 3 N–H and O–H groups in total. The Hall–Kier alpha value is -1.59. The Kier molecular flexibility index (Phi) is 6.48. The maximum absolute atomic E-state index is 12.3. The molecule has 20 heavy (non-hydrogen) atoms. The van der Waals surface area contributed by atoms with Gasteiger partial charge in [-0.3, -0.25) is 9.69 Å². The van der Waals surface area contributed by atoms with Crippen LogP contribution in [0.25, 0.3) is 0 Å². The van der Waals surface area contributed by atoms with Crippen molar-refractivity contribution >= 4 is 17.3 Å². The van der Waals surface area contributed by atoms with E-state index in [9.17, 15) is 4.79 Å². The number of hydrogen-bond acceptors (Lipinski definition) is 4. The van der Waals surface area contributed by atoms with Crippen molar-refractivity contribution in [3.8, 4) is 0 Å². The molecule has 1 amide bonds. The molecule has 5 heteroatoms. The Labute approximate surface area is 121 Å². The lowest BCUT2D eigenvalue weighted by Crippen LogP contribution is -2.42. The summed E-state index contributed by atoms with van der Waals surface area (Å²) in [4.78, 5) is 16.0. The molecule has 0 aliphatic rings. The molecule has 5 nitrogen and oxygen atoms in total. The highest BCUT2D eigenvalue weighted by Crippen LogP contribution is 2.15. The number of amides is 1. The minimum Gasteiger partial charge on any atom is -0.399 e. The largest absolute Gasteiger partial charge is 0.399 e. The highest BCUT2D eigenvalue weighted by molar-refractivity contribution is 5.94. The summed E-state index contributed by atoms with van der Waals surface area (Å²) >= 11 is 0. The minimum absolute atomic E-state index is 0.0291. The standard InChI is InChI=1S/C15H25N3O2/c1-12(2)18(9-4-10-19)11-15(20)17(3)14-7-5-13(16)6-8-14/h5-8,12,19H,4,9-11,16H2,1-3H3. The molecule has 1 aromatic rings. The predicted molar refractivity (Wildman–Crippen MR) is 82.7 cm³/mol. The fourth-order valence-corrected chi connectivity index (χ4v) is 1.92. The number of hydrogen-bond donors (Lipinski definition) is 2. The lowest BCUT2D eigenvalue weighted by Gasteiger charge is -2.28. The van der Waals surface area contributed by atoms with Crippen molar-refractivity contribution < 1.29 is 9.90 Å². The number of rotatable bonds is 7. The molecule has 0 spiro atoms. The summed E-state index contributed by atoms with van der Waals surface area (Å²) in [5.74, 6) is 0.0291. The van der Waals surface area contributed by atoms with Gasteiger partial charge in [-0.15, -0.1) is 0 Å². The molecule has 1 rings (SSSR count). The van der Waals surface area contributed by atoms with Crippen LogP contribution in [-0.2, 0) is 4.79 Å². The van der Waals surface area contributed by atoms with E-state index >= 15 is 0 Å². The average molecular weight is 279 g/mol. The molecular formula is C15H25N3O2. The van der Waals surface area contributed by atoms with Crippen molar-refractivity contribution in [1.82, 2.24) is 4.90 Å². The summed E-state index contributed by atoms with van der Waals surface area (Å²) in [6.07, 6.45) is 0.678. The number of nitrogens with zero attached hydrogens (tertiary/aromatic N) is 2. The Bertz CT molecular complexity index is 418. The zero-order chi connectivity index (χ0) is 15.1. The number of likely N-dealkylation sites (N-methyl/N-ethyl adjacent to an activating group) is 1. The predicted octanol–water partition coefficient (Wildman–Crippen LogP) is 1.32. The minimum atomic E-state index is 0.0291. The molecule has 0 aliphatic carbocycles. The van der Waals surface area contributed by atoms with Gasteiger partial charge >= 0.3 is 0 Å². The summed E-state index contributed by atoms with van der Waals surface area (Å²) in [5, 5.41) is 8.91. The first-order valence-electron chi connectivity index (χ1n) is 6.92. The van der Waals surface area contributed by atoms with Gasteiger partial charge in [-0.1, -0.05) is 0 Å². The van der Waals surface area contributed by atoms with Gasteiger partial charge in [0.1, 0.15) is 0 Å². The number of benzene rings is 1. The molecule has 112 valence electrons. The zero-order valence-electron chi connectivity index (χ0n) is 12.5. The fraction of sp³-hybridized carbons (Fsp3) is 0.533. The van der Waals surface area contributed by atoms with E-state index in [2.05, 4.69) is 4.90 Å². The topological polar surface area (TPSA) is 69.8 Å². The van der Waals surface area contributed by atoms with Gasteiger partial charge in [0.05, 0.1) is 6.54 Å². The molecule has 0 atom stereocenters. The van der Waals surface area contributed by atoms with Crippen LogP contribution in [0.4, 0.5) is 11.4 Å². The van der Waals surface area contributed by atoms with E-state index in [4.69, 9.17) is 10.8 Å². The first-order valence-corrected chi connectivity index (χ1v) is 6.92. The molecule has 0 radical (unpaired) electrons. The Balaban J connectivity index is 2.65. The lowest BCUT2D eigenvalue weighted by atomic mass is 10.2. The quantitative estimate of drug-likeness (QED) is 0.739. The second-order valence-corrected chi connectivity index (χ2v) is 5.19. The van der Waals surface area contributed by atoms with Crippen molar-refractivity contribution in [3.63, 3.8) is 0 Å². The number of aliphatic hydroxyl groups excluding tert-OH is 1. The van der Waals surface area contributed by atoms with Crippen LogP contribution >= 0.6 is 0 Å². The van der Waals surface area contributed by atoms with Gasteiger partial charge in [0.2, 0.25) is 5.91 Å². The number of nitrogens with two attached hydrogens (primary N) is 1. The molecule has 0 fully saturated rings. The van der Waals surface area contributed by atoms with Crippen LogP contribution in [-0.4, -0.2) is 48.7 Å². The van der Waals surface area contributed by atoms with Crippen LogP contribution in [0.1, 0.15) is 20.3 Å². The maximum atomic E-state index is 12.3. The third-order valence-corrected chi connectivity index (χ3v) is 3.33. The smallest absolute Gasteiger partial charge is 0.240 e. The number of carbonyl (C=O) groups excluding carboxylic acids is 1. The van der Waals surface area contributed by atoms with Gasteiger partial charge in [0.15, 0.2) is 0 Å². The Morgan fingerprint density at radius 1 is 1.30 bits per heavy atom. The molecule has 0 aliphatic heterocycles. The van der Waals surface area contributed by atoms with E-state index in [1.807, 2.05) is 26.0 Å². The van der Waals surface area contributed by atoms with Gasteiger partial charge < -0.3 is 15.7 Å². The normalized spacial score (nSPS) is 11.1. The van der Waals surface area contributed by atoms with Gasteiger partial charge in [0.25, 0.3) is 0 Å². The average Bonchev–Trinajstić information content (AvgIpc) is 2.42. The van der Waals surface area contributed by atoms with E-state index in [0.29, 0.717) is 18.7 Å². The van der Waals surface area contributed by atoms with Gasteiger partial charge in [-0.25, -0.2) is 0 Å². The summed E-state index contributed by atoms with van der Waals surface area (Å²) in [6.45, 7) is 5.31. The molecular weight excluding hydrogens is 254 g/mol. The van der Waals surface area contributed by atoms with E-state index in [1.54, 1.807) is 24.1 Å². The first kappa shape index (κ1) is 16.5. The second-order valence-electron chi connectivity index (χ2n) is 5.19. The maximum Gasteiger partial charge on any atom is 0.240 e. The van der Waals surface area contributed by atoms with Crippen molar-refractivity contribution in [2.24, 2.45) is 0 Å². The van der Waals surface area contributed by atoms with Gasteiger partial charge in [-0.2, -0.15) is 0 Å². The van der Waals surface area contributed by atoms with Crippen molar-refractivity contribution in [2.45, 2.75) is 26.3 Å². The van der Waals surface area contributed by atoms with Crippen LogP contribution in [0.3, 0.4) is 0 Å². The number of aliphatic hydroxyl groups is 1. The molecule has 0 saturated heterocycles. The molecule has 0 aromatic heterocycles. The lowest BCUT2D eigenvalue weighted by molar-refractivity contribution is -0.119. The van der Waals surface area contributed by atoms with Crippen LogP contribution in [0.5, 0.6) is 0 Å². The molecule has 0 heterocycles. The first-order chi connectivity index (χ1) is 9.45. The molecule has 0 unspecified atom stereocenters. The monoisotopic (exact) mass is 279 g/mol. The SMILES string of the molecule is CC(C)N(CCCO)CC(=O)N(C)c1ccc(N)cc1. The summed E-state index contributed by atoms with van der Waals surface area (Å²) in [5.41, 5.74) is 7.15. The summed E-state index contributed by atoms with van der Waals surface area (Å²) in [6, 6.07) is 7.50. The Morgan fingerprint density at radius 2 is 1.90 bits per heavy atom. The van der Waals surface area contributed by atoms with Crippen LogP contribution in [0, 0.1) is 0 Å². The molecule has 0 saturated carbocycles. The van der Waals surface area contributed by atoms with Crippen molar-refractivity contribution in [3.05, 3.63) is 24.3 Å². The van der Waals surface area contributed by atoms with Crippen LogP contribution in [0.2, 0.25) is 0 Å². The van der Waals surface area contributed by atoms with Crippen molar-refractivity contribution in [2.75, 3.05) is 37.4 Å². The van der Waals surface area contributed by atoms with Gasteiger partial charge in [0, 0.05) is 37.6 Å². The third-order valence-electron chi connectivity index (χ3n) is 3.33. The van der Waals surface area contributed by atoms with E-state index in [-0.39, 0.29) is 18.6 Å². The molecule has 0 bridgehead atoms. The number of carbonyl (C=O) groups is 1. The Morgan fingerprint density at radius 3 is 2.40 bits per heavy atom. The second kappa shape index (κ2) is 7.87. The van der Waals surface area contributed by atoms with E-state index in [0.717, 1.165) is 12.2 Å². The van der Waals surface area contributed by atoms with E-state index < -0.39 is 0 Å². The van der Waals surface area contributed by atoms with Gasteiger partial charge in [-0.05, 0) is 44.5 Å². The molecule has 1 aromatic carbocycles. The fourth-order valence-electron chi connectivity index (χ4n) is 1.92. The summed E-state index contributed by atoms with van der Waals surface area (Å²) in [7, 11) is 1.76. The van der Waals surface area contributed by atoms with Crippen molar-refractivity contribution in [1.29, 1.82) is 0 Å². The van der Waals surface area contributed by atoms with E-state index in [1.165, 1.54) is 0 Å². The summed E-state index contributed by atoms with van der Waals surface area (Å²) < 4.78 is 0. The number of nitrogen functional groups attached to an aromatic ring is 1. The highest BCUT2D eigenvalue weighted by atomic mass is 16.3. The van der Waals surface area contributed by atoms with Crippen LogP contribution in [0.15, 0.2) is 24.3 Å². The highest BCUT2D eigenvalue weighted by Gasteiger charge is 2.17. The number of anilines is 2. The zero-order valence-corrected chi connectivity index (χ0v) is 12.5. The van der Waals surface area contributed by atoms with Crippen LogP contribution < -0.4 is 10.6 Å². The third kappa shape index (κ3) is 4.83.